The van der Waals surface area contributed by atoms with Gasteiger partial charge in [0.15, 0.2) is 0 Å². The Labute approximate surface area is 56.5 Å². The lowest BCUT2D eigenvalue weighted by atomic mass is 10.9. The van der Waals surface area contributed by atoms with Crippen LogP contribution in [0, 0.1) is 0 Å². The van der Waals surface area contributed by atoms with E-state index in [2.05, 4.69) is 18.5 Å². The molecule has 0 aromatic carbocycles. The Morgan fingerprint density at radius 2 is 2.00 bits per heavy atom. The van der Waals surface area contributed by atoms with Crippen LogP contribution in [-0.2, 0) is 0 Å². The molecule has 0 unspecified atom stereocenters. The molecule has 3 amide bonds. The normalized spacial score (nSPS) is 8.33. The Kier molecular flexibility index (Phi) is 2.99. The van der Waals surface area contributed by atoms with E-state index in [9.17, 15) is 9.59 Å². The first-order chi connectivity index (χ1) is 4.09. The van der Waals surface area contributed by atoms with E-state index >= 15 is 0 Å². The number of rotatable bonds is 0. The highest BCUT2D eigenvalue weighted by molar-refractivity contribution is 7.96. The van der Waals surface area contributed by atoms with Crippen LogP contribution in [0.25, 0.3) is 0 Å². The summed E-state index contributed by atoms with van der Waals surface area (Å²) in [5.41, 5.74) is 1.64. The molecular weight excluding hydrogens is 144 g/mol. The summed E-state index contributed by atoms with van der Waals surface area (Å²) < 4.78 is 0. The number of amides is 3. The summed E-state index contributed by atoms with van der Waals surface area (Å²) in [5, 5.41) is -0.638. The summed E-state index contributed by atoms with van der Waals surface area (Å²) in [4.78, 5) is 20.3. The van der Waals surface area contributed by atoms with Gasteiger partial charge in [-0.25, -0.2) is 16.5 Å². The van der Waals surface area contributed by atoms with Gasteiger partial charge in [0.05, 0.1) is 0 Å². The van der Waals surface area contributed by atoms with E-state index in [0.29, 0.717) is 0 Å². The number of urea groups is 1. The smallest absolute Gasteiger partial charge is 0.274 e. The van der Waals surface area contributed by atoms with Crippen molar-refractivity contribution in [2.24, 2.45) is 11.7 Å². The van der Waals surface area contributed by atoms with Gasteiger partial charge in [-0.15, -0.1) is 0 Å². The first kappa shape index (κ1) is 8.21. The predicted molar refractivity (Wildman–Crippen MR) is 33.1 cm³/mol. The molecule has 9 heavy (non-hydrogen) atoms. The van der Waals surface area contributed by atoms with E-state index in [1.54, 1.807) is 5.43 Å². The number of nitrogens with one attached hydrogen (secondary N) is 1. The minimum absolute atomic E-state index is 0.239. The van der Waals surface area contributed by atoms with E-state index in [0.717, 1.165) is 0 Å². The minimum Gasteiger partial charge on any atom is -0.274 e. The maximum atomic E-state index is 10.2. The molecule has 7 heteroatoms. The summed E-state index contributed by atoms with van der Waals surface area (Å²) in [7, 11) is 0. The van der Waals surface area contributed by atoms with Crippen LogP contribution < -0.4 is 17.1 Å². The summed E-state index contributed by atoms with van der Waals surface area (Å²) in [6, 6.07) is -0.907. The van der Waals surface area contributed by atoms with Gasteiger partial charge >= 0.3 is 11.3 Å². The monoisotopic (exact) mass is 150 g/mol. The van der Waals surface area contributed by atoms with Crippen molar-refractivity contribution in [2.45, 2.75) is 0 Å². The van der Waals surface area contributed by atoms with Gasteiger partial charge in [-0.2, -0.15) is 5.01 Å². The maximum Gasteiger partial charge on any atom is 0.353 e. The largest absolute Gasteiger partial charge is 0.353 e. The SMILES string of the molecule is NNC(=O)N(N)C(=O)S. The van der Waals surface area contributed by atoms with Gasteiger partial charge in [0.2, 0.25) is 0 Å². The third-order valence-corrected chi connectivity index (χ3v) is 0.764. The molecular formula is C2H6N4O2S. The van der Waals surface area contributed by atoms with E-state index in [4.69, 9.17) is 5.84 Å². The molecule has 0 saturated heterocycles. The molecule has 0 fully saturated rings. The molecule has 0 spiro atoms. The highest BCUT2D eigenvalue weighted by Crippen LogP contribution is 1.86. The van der Waals surface area contributed by atoms with Crippen molar-refractivity contribution < 1.29 is 9.59 Å². The van der Waals surface area contributed by atoms with Gasteiger partial charge in [-0.1, -0.05) is 12.6 Å². The van der Waals surface area contributed by atoms with Crippen molar-refractivity contribution >= 4 is 23.9 Å². The molecule has 6 nitrogen and oxygen atoms in total. The Balaban J connectivity index is 3.88. The van der Waals surface area contributed by atoms with Crippen LogP contribution >= 0.6 is 12.6 Å². The van der Waals surface area contributed by atoms with Crippen LogP contribution in [0.2, 0.25) is 0 Å². The second-order valence-electron chi connectivity index (χ2n) is 1.10. The van der Waals surface area contributed by atoms with Crippen molar-refractivity contribution in [2.75, 3.05) is 0 Å². The Hall–Kier alpha value is -0.790. The fraction of sp³-hybridized carbons (Fsp3) is 0. The number of hydrogen-bond acceptors (Lipinski definition) is 4. The lowest BCUT2D eigenvalue weighted by Gasteiger charge is -2.08. The third-order valence-electron chi connectivity index (χ3n) is 0.548. The zero-order chi connectivity index (χ0) is 7.44. The second kappa shape index (κ2) is 3.28. The van der Waals surface area contributed by atoms with Gasteiger partial charge in [0.25, 0.3) is 0 Å². The first-order valence-electron chi connectivity index (χ1n) is 1.88. The molecule has 0 rings (SSSR count). The third kappa shape index (κ3) is 2.31. The second-order valence-corrected chi connectivity index (χ2v) is 1.48. The zero-order valence-corrected chi connectivity index (χ0v) is 5.26. The fourth-order valence-corrected chi connectivity index (χ4v) is 0.247. The standard InChI is InChI=1S/C2H6N4O2S/c3-5-1(7)6(4)2(8)9/h3-4H2,(H,5,7)(H,8,9). The molecule has 5 N–H and O–H groups in total. The van der Waals surface area contributed by atoms with Crippen LogP contribution in [-0.4, -0.2) is 16.3 Å². The van der Waals surface area contributed by atoms with Gasteiger partial charge in [-0.05, 0) is 0 Å². The van der Waals surface area contributed by atoms with E-state index < -0.39 is 11.3 Å². The van der Waals surface area contributed by atoms with Crippen LogP contribution in [0.4, 0.5) is 9.59 Å². The maximum absolute atomic E-state index is 10.2. The highest BCUT2D eigenvalue weighted by atomic mass is 32.1. The highest BCUT2D eigenvalue weighted by Gasteiger charge is 2.11. The molecule has 52 valence electrons. The fourth-order valence-electron chi connectivity index (χ4n) is 0.156. The molecule has 0 heterocycles. The Morgan fingerprint density at radius 3 is 2.11 bits per heavy atom. The number of nitrogens with two attached hydrogens (primary N) is 2. The van der Waals surface area contributed by atoms with Crippen LogP contribution in [0.5, 0.6) is 0 Å². The van der Waals surface area contributed by atoms with Crippen molar-refractivity contribution in [3.05, 3.63) is 0 Å². The number of hydrogen-bond donors (Lipinski definition) is 4. The zero-order valence-electron chi connectivity index (χ0n) is 4.37. The number of nitrogens with zero attached hydrogens (tertiary/aromatic N) is 1. The topological polar surface area (TPSA) is 101 Å². The first-order valence-corrected chi connectivity index (χ1v) is 2.32. The number of thiol groups is 1. The van der Waals surface area contributed by atoms with Crippen molar-refractivity contribution in [3.8, 4) is 0 Å². The van der Waals surface area contributed by atoms with Crippen LogP contribution in [0.1, 0.15) is 0 Å². The number of hydrazine groups is 2. The molecule has 0 aliphatic rings. The van der Waals surface area contributed by atoms with Crippen LogP contribution in [0.3, 0.4) is 0 Å². The average molecular weight is 150 g/mol. The van der Waals surface area contributed by atoms with E-state index in [1.165, 1.54) is 0 Å². The molecule has 0 aromatic heterocycles. The molecule has 0 saturated carbocycles. The summed E-state index contributed by atoms with van der Waals surface area (Å²) in [5.74, 6) is 9.39. The van der Waals surface area contributed by atoms with E-state index in [1.807, 2.05) is 0 Å². The summed E-state index contributed by atoms with van der Waals surface area (Å²) >= 11 is 3.23. The van der Waals surface area contributed by atoms with Crippen molar-refractivity contribution in [3.63, 3.8) is 0 Å². The van der Waals surface area contributed by atoms with Gasteiger partial charge in [0.1, 0.15) is 0 Å². The van der Waals surface area contributed by atoms with Crippen LogP contribution in [0.15, 0.2) is 0 Å². The lowest BCUT2D eigenvalue weighted by molar-refractivity contribution is 0.200. The number of imide groups is 1. The molecule has 0 bridgehead atoms. The van der Waals surface area contributed by atoms with Gasteiger partial charge in [0, 0.05) is 0 Å². The average Bonchev–Trinajstić information content (AvgIpc) is 1.84. The predicted octanol–water partition coefficient (Wildman–Crippen LogP) is -1.20. The molecule has 0 aliphatic carbocycles. The molecule has 0 aliphatic heterocycles. The Morgan fingerprint density at radius 1 is 1.56 bits per heavy atom. The Bertz CT molecular complexity index is 137. The summed E-state index contributed by atoms with van der Waals surface area (Å²) in [6.07, 6.45) is 0. The molecule has 0 radical (unpaired) electrons. The minimum atomic E-state index is -0.907. The van der Waals surface area contributed by atoms with E-state index in [-0.39, 0.29) is 5.01 Å². The molecule has 0 atom stereocenters. The quantitative estimate of drug-likeness (QED) is 0.151. The van der Waals surface area contributed by atoms with Gasteiger partial charge < -0.3 is 0 Å². The van der Waals surface area contributed by atoms with Crippen molar-refractivity contribution in [1.82, 2.24) is 10.4 Å². The number of carbonyl (C=O) groups excluding carboxylic acids is 2. The molecule has 0 aromatic rings. The van der Waals surface area contributed by atoms with Gasteiger partial charge in [-0.3, -0.25) is 10.2 Å². The number of carbonyl (C=O) groups is 2. The summed E-state index contributed by atoms with van der Waals surface area (Å²) in [6.45, 7) is 0. The lowest BCUT2D eigenvalue weighted by Crippen LogP contribution is -2.48. The van der Waals surface area contributed by atoms with Crippen molar-refractivity contribution in [1.29, 1.82) is 0 Å².